The van der Waals surface area contributed by atoms with Crippen molar-refractivity contribution in [3.63, 3.8) is 0 Å². The van der Waals surface area contributed by atoms with E-state index in [0.717, 1.165) is 0 Å². The maximum absolute atomic E-state index is 12.7. The predicted molar refractivity (Wildman–Crippen MR) is 83.0 cm³/mol. The summed E-state index contributed by atoms with van der Waals surface area (Å²) in [7, 11) is 3.26. The molecule has 2 fully saturated rings. The summed E-state index contributed by atoms with van der Waals surface area (Å²) >= 11 is 0. The van der Waals surface area contributed by atoms with Crippen LogP contribution in [0.1, 0.15) is 16.8 Å². The Hall–Kier alpha value is -2.15. The number of hydrogen-bond donors (Lipinski definition) is 1. The van der Waals surface area contributed by atoms with E-state index < -0.39 is 5.41 Å². The monoisotopic (exact) mass is 319 g/mol. The summed E-state index contributed by atoms with van der Waals surface area (Å²) in [5.41, 5.74) is -0.445. The second kappa shape index (κ2) is 5.81. The molecule has 0 aliphatic carbocycles. The van der Waals surface area contributed by atoms with Crippen LogP contribution in [0.15, 0.2) is 23.1 Å². The summed E-state index contributed by atoms with van der Waals surface area (Å²) in [6, 6.07) is 2.97. The summed E-state index contributed by atoms with van der Waals surface area (Å²) in [4.78, 5) is 38.5. The molecule has 2 atom stereocenters. The molecule has 7 heteroatoms. The van der Waals surface area contributed by atoms with Crippen molar-refractivity contribution in [1.82, 2.24) is 14.8 Å². The van der Waals surface area contributed by atoms with E-state index in [-0.39, 0.29) is 23.3 Å². The fourth-order valence-corrected chi connectivity index (χ4v) is 3.59. The van der Waals surface area contributed by atoms with Crippen LogP contribution < -0.4 is 10.9 Å². The fraction of sp³-hybridized carbons (Fsp3) is 0.562. The molecule has 0 saturated carbocycles. The second-order valence-electron chi connectivity index (χ2n) is 6.31. The molecule has 0 spiro atoms. The molecule has 3 heterocycles. The standard InChI is InChI=1S/C16H21N3O4/c1-17-15(22)16-4-6-23-9-12(16)8-19(10-16)14(21)11-3-5-18(2)13(20)7-11/h3,5,7,12H,4,6,8-10H2,1-2H3,(H,17,22)/t12-,16+/m1/s1. The lowest BCUT2D eigenvalue weighted by atomic mass is 9.73. The van der Waals surface area contributed by atoms with Gasteiger partial charge in [-0.3, -0.25) is 14.4 Å². The van der Waals surface area contributed by atoms with Crippen molar-refractivity contribution >= 4 is 11.8 Å². The SMILES string of the molecule is CNC(=O)[C@]12CCOC[C@H]1CN(C(=O)c1ccn(C)c(=O)c1)C2. The molecule has 124 valence electrons. The summed E-state index contributed by atoms with van der Waals surface area (Å²) in [6.45, 7) is 1.85. The van der Waals surface area contributed by atoms with Crippen molar-refractivity contribution in [3.05, 3.63) is 34.2 Å². The number of aromatic nitrogens is 1. The van der Waals surface area contributed by atoms with Gasteiger partial charge in [0.2, 0.25) is 5.91 Å². The molecule has 2 aliphatic rings. The largest absolute Gasteiger partial charge is 0.381 e. The van der Waals surface area contributed by atoms with Crippen molar-refractivity contribution in [1.29, 1.82) is 0 Å². The van der Waals surface area contributed by atoms with Gasteiger partial charge in [-0.2, -0.15) is 0 Å². The van der Waals surface area contributed by atoms with Gasteiger partial charge in [-0.1, -0.05) is 0 Å². The van der Waals surface area contributed by atoms with Crippen LogP contribution in [0.3, 0.4) is 0 Å². The van der Waals surface area contributed by atoms with Gasteiger partial charge in [0.1, 0.15) is 0 Å². The molecule has 1 aromatic heterocycles. The van der Waals surface area contributed by atoms with Gasteiger partial charge in [-0.25, -0.2) is 0 Å². The van der Waals surface area contributed by atoms with Crippen molar-refractivity contribution in [3.8, 4) is 0 Å². The van der Waals surface area contributed by atoms with E-state index >= 15 is 0 Å². The lowest BCUT2D eigenvalue weighted by Gasteiger charge is -2.36. The van der Waals surface area contributed by atoms with E-state index in [0.29, 0.717) is 38.3 Å². The summed E-state index contributed by atoms with van der Waals surface area (Å²) in [6.07, 6.45) is 2.19. The zero-order chi connectivity index (χ0) is 16.6. The first kappa shape index (κ1) is 15.7. The number of pyridine rings is 1. The maximum Gasteiger partial charge on any atom is 0.254 e. The zero-order valence-corrected chi connectivity index (χ0v) is 13.4. The molecule has 2 amide bonds. The smallest absolute Gasteiger partial charge is 0.254 e. The van der Waals surface area contributed by atoms with Crippen LogP contribution in [-0.2, 0) is 16.6 Å². The number of rotatable bonds is 2. The number of nitrogens with zero attached hydrogens (tertiary/aromatic N) is 2. The van der Waals surface area contributed by atoms with Crippen molar-refractivity contribution < 1.29 is 14.3 Å². The van der Waals surface area contributed by atoms with Gasteiger partial charge in [0.15, 0.2) is 0 Å². The van der Waals surface area contributed by atoms with Crippen LogP contribution in [0.2, 0.25) is 0 Å². The average molecular weight is 319 g/mol. The van der Waals surface area contributed by atoms with Crippen LogP contribution in [0.4, 0.5) is 0 Å². The van der Waals surface area contributed by atoms with E-state index in [2.05, 4.69) is 5.32 Å². The highest BCUT2D eigenvalue weighted by Gasteiger charge is 2.54. The highest BCUT2D eigenvalue weighted by Crippen LogP contribution is 2.42. The summed E-state index contributed by atoms with van der Waals surface area (Å²) < 4.78 is 6.92. The van der Waals surface area contributed by atoms with Crippen molar-refractivity contribution in [2.45, 2.75) is 6.42 Å². The molecular weight excluding hydrogens is 298 g/mol. The lowest BCUT2D eigenvalue weighted by molar-refractivity contribution is -0.138. The molecular formula is C16H21N3O4. The number of ether oxygens (including phenoxy) is 1. The molecule has 0 radical (unpaired) electrons. The van der Waals surface area contributed by atoms with Gasteiger partial charge in [-0.05, 0) is 12.5 Å². The number of aryl methyl sites for hydroxylation is 1. The normalized spacial score (nSPS) is 26.7. The molecule has 0 aromatic carbocycles. The number of nitrogens with one attached hydrogen (secondary N) is 1. The Morgan fingerprint density at radius 3 is 2.91 bits per heavy atom. The van der Waals surface area contributed by atoms with Crippen LogP contribution in [-0.4, -0.2) is 54.6 Å². The minimum Gasteiger partial charge on any atom is -0.381 e. The predicted octanol–water partition coefficient (Wildman–Crippen LogP) is -0.390. The highest BCUT2D eigenvalue weighted by molar-refractivity contribution is 5.95. The Bertz CT molecular complexity index is 699. The molecule has 3 rings (SSSR count). The molecule has 1 N–H and O–H groups in total. The Morgan fingerprint density at radius 1 is 1.43 bits per heavy atom. The van der Waals surface area contributed by atoms with Crippen molar-refractivity contribution in [2.24, 2.45) is 18.4 Å². The van der Waals surface area contributed by atoms with E-state index in [1.54, 1.807) is 31.3 Å². The average Bonchev–Trinajstić information content (AvgIpc) is 2.96. The van der Waals surface area contributed by atoms with Crippen molar-refractivity contribution in [2.75, 3.05) is 33.4 Å². The van der Waals surface area contributed by atoms with Gasteiger partial charge < -0.3 is 19.5 Å². The minimum absolute atomic E-state index is 0.00769. The van der Waals surface area contributed by atoms with E-state index in [9.17, 15) is 14.4 Å². The zero-order valence-electron chi connectivity index (χ0n) is 13.4. The number of carbonyl (C=O) groups is 2. The minimum atomic E-state index is -0.581. The van der Waals surface area contributed by atoms with E-state index in [1.807, 2.05) is 0 Å². The second-order valence-corrected chi connectivity index (χ2v) is 6.31. The molecule has 0 bridgehead atoms. The Kier molecular flexibility index (Phi) is 3.97. The van der Waals surface area contributed by atoms with Crippen LogP contribution in [0.5, 0.6) is 0 Å². The molecule has 23 heavy (non-hydrogen) atoms. The number of fused-ring (bicyclic) bond motifs is 1. The molecule has 2 aliphatic heterocycles. The lowest BCUT2D eigenvalue weighted by Crippen LogP contribution is -2.49. The summed E-state index contributed by atoms with van der Waals surface area (Å²) in [5, 5.41) is 2.73. The van der Waals surface area contributed by atoms with Gasteiger partial charge in [0, 0.05) is 57.5 Å². The maximum atomic E-state index is 12.7. The number of amides is 2. The third-order valence-corrected chi connectivity index (χ3v) is 5.02. The number of likely N-dealkylation sites (tertiary alicyclic amines) is 1. The molecule has 0 unspecified atom stereocenters. The van der Waals surface area contributed by atoms with E-state index in [1.165, 1.54) is 10.6 Å². The topological polar surface area (TPSA) is 80.6 Å². The Labute approximate surface area is 134 Å². The first-order valence-corrected chi connectivity index (χ1v) is 7.74. The molecule has 1 aromatic rings. The summed E-state index contributed by atoms with van der Waals surface area (Å²) in [5.74, 6) is -0.253. The number of hydrogen-bond acceptors (Lipinski definition) is 4. The Balaban J connectivity index is 1.87. The first-order valence-electron chi connectivity index (χ1n) is 7.74. The molecule has 7 nitrogen and oxygen atoms in total. The highest BCUT2D eigenvalue weighted by atomic mass is 16.5. The van der Waals surface area contributed by atoms with Crippen LogP contribution in [0, 0.1) is 11.3 Å². The van der Waals surface area contributed by atoms with Gasteiger partial charge in [0.05, 0.1) is 12.0 Å². The van der Waals surface area contributed by atoms with Gasteiger partial charge in [0.25, 0.3) is 11.5 Å². The fourth-order valence-electron chi connectivity index (χ4n) is 3.59. The van der Waals surface area contributed by atoms with Gasteiger partial charge >= 0.3 is 0 Å². The first-order chi connectivity index (χ1) is 11.0. The number of carbonyl (C=O) groups excluding carboxylic acids is 2. The van der Waals surface area contributed by atoms with Crippen LogP contribution >= 0.6 is 0 Å². The Morgan fingerprint density at radius 2 is 2.22 bits per heavy atom. The van der Waals surface area contributed by atoms with Gasteiger partial charge in [-0.15, -0.1) is 0 Å². The molecule has 2 saturated heterocycles. The third-order valence-electron chi connectivity index (χ3n) is 5.02. The van der Waals surface area contributed by atoms with Crippen LogP contribution in [0.25, 0.3) is 0 Å². The third kappa shape index (κ3) is 2.55. The quantitative estimate of drug-likeness (QED) is 0.805. The van der Waals surface area contributed by atoms with E-state index in [4.69, 9.17) is 4.74 Å².